The number of rotatable bonds is 9. The summed E-state index contributed by atoms with van der Waals surface area (Å²) in [4.78, 5) is 4.60. The van der Waals surface area contributed by atoms with E-state index in [-0.39, 0.29) is 24.0 Å². The Balaban J connectivity index is 0.00000441. The molecule has 0 saturated carbocycles. The number of methoxy groups -OCH3 is 2. The number of nitrogens with zero attached hydrogens (tertiary/aromatic N) is 1. The van der Waals surface area contributed by atoms with E-state index < -0.39 is 0 Å². The Hall–Kier alpha value is -0.860. The predicted molar refractivity (Wildman–Crippen MR) is 102 cm³/mol. The second kappa shape index (κ2) is 13.8. The fraction of sp³-hybridized carbons (Fsp3) is 0.562. The van der Waals surface area contributed by atoms with E-state index in [2.05, 4.69) is 40.7 Å². The van der Waals surface area contributed by atoms with Crippen molar-refractivity contribution in [3.05, 3.63) is 35.4 Å². The number of hydrogen-bond acceptors (Lipinski definition) is 3. The minimum Gasteiger partial charge on any atom is -0.385 e. The Labute approximate surface area is 150 Å². The maximum Gasteiger partial charge on any atom is 0.191 e. The standard InChI is InChI=1S/C16H27N3O2.HI/c1-4-17-16(18-9-6-10-20-2)19-12-14-7-5-8-15(11-14)13-21-3;/h5,7-8,11H,4,6,9-10,12-13H2,1-3H3,(H2,17,18,19);1H. The molecule has 0 bridgehead atoms. The van der Waals surface area contributed by atoms with Crippen molar-refractivity contribution in [1.82, 2.24) is 10.6 Å². The maximum atomic E-state index is 5.15. The Morgan fingerprint density at radius 2 is 1.91 bits per heavy atom. The van der Waals surface area contributed by atoms with E-state index in [0.717, 1.165) is 32.1 Å². The summed E-state index contributed by atoms with van der Waals surface area (Å²) in [6, 6.07) is 8.31. The lowest BCUT2D eigenvalue weighted by molar-refractivity contribution is 0.185. The van der Waals surface area contributed by atoms with Gasteiger partial charge in [-0.25, -0.2) is 4.99 Å². The Bertz CT molecular complexity index is 428. The van der Waals surface area contributed by atoms with Crippen LogP contribution < -0.4 is 10.6 Å². The molecule has 0 amide bonds. The molecule has 0 atom stereocenters. The van der Waals surface area contributed by atoms with Crippen molar-refractivity contribution in [3.8, 4) is 0 Å². The highest BCUT2D eigenvalue weighted by Crippen LogP contribution is 2.07. The Morgan fingerprint density at radius 1 is 1.14 bits per heavy atom. The van der Waals surface area contributed by atoms with Crippen molar-refractivity contribution >= 4 is 29.9 Å². The topological polar surface area (TPSA) is 54.9 Å². The van der Waals surface area contributed by atoms with Crippen LogP contribution in [0.1, 0.15) is 24.5 Å². The van der Waals surface area contributed by atoms with Gasteiger partial charge in [-0.3, -0.25) is 0 Å². The molecule has 1 aromatic rings. The first-order valence-electron chi connectivity index (χ1n) is 7.38. The molecule has 1 aromatic carbocycles. The van der Waals surface area contributed by atoms with Crippen LogP contribution in [-0.2, 0) is 22.6 Å². The van der Waals surface area contributed by atoms with Crippen LogP contribution in [0.5, 0.6) is 0 Å². The molecule has 5 nitrogen and oxygen atoms in total. The second-order valence-corrected chi connectivity index (χ2v) is 4.72. The number of nitrogens with one attached hydrogen (secondary N) is 2. The van der Waals surface area contributed by atoms with Gasteiger partial charge in [0.1, 0.15) is 0 Å². The van der Waals surface area contributed by atoms with Gasteiger partial charge in [-0.15, -0.1) is 24.0 Å². The largest absolute Gasteiger partial charge is 0.385 e. The average molecular weight is 421 g/mol. The van der Waals surface area contributed by atoms with Gasteiger partial charge in [0.05, 0.1) is 13.2 Å². The molecule has 6 heteroatoms. The smallest absolute Gasteiger partial charge is 0.191 e. The number of benzene rings is 1. The third kappa shape index (κ3) is 9.22. The van der Waals surface area contributed by atoms with Crippen LogP contribution in [0.3, 0.4) is 0 Å². The van der Waals surface area contributed by atoms with Gasteiger partial charge in [0, 0.05) is 33.9 Å². The molecule has 126 valence electrons. The quantitative estimate of drug-likeness (QED) is 0.279. The van der Waals surface area contributed by atoms with Crippen molar-refractivity contribution in [3.63, 3.8) is 0 Å². The van der Waals surface area contributed by atoms with Crippen LogP contribution in [0.15, 0.2) is 29.3 Å². The third-order valence-corrected chi connectivity index (χ3v) is 2.88. The molecule has 2 N–H and O–H groups in total. The number of aliphatic imine (C=N–C) groups is 1. The average Bonchev–Trinajstić information content (AvgIpc) is 2.50. The predicted octanol–water partition coefficient (Wildman–Crippen LogP) is 2.54. The van der Waals surface area contributed by atoms with E-state index >= 15 is 0 Å². The van der Waals surface area contributed by atoms with Crippen molar-refractivity contribution in [1.29, 1.82) is 0 Å². The van der Waals surface area contributed by atoms with Crippen LogP contribution in [-0.4, -0.2) is 39.9 Å². The molecular weight excluding hydrogens is 393 g/mol. The Morgan fingerprint density at radius 3 is 2.59 bits per heavy atom. The number of hydrogen-bond donors (Lipinski definition) is 2. The number of ether oxygens (including phenoxy) is 2. The van der Waals surface area contributed by atoms with Gasteiger partial charge in [-0.05, 0) is 24.5 Å². The maximum absolute atomic E-state index is 5.15. The first-order chi connectivity index (χ1) is 10.3. The molecular formula is C16H28IN3O2. The highest BCUT2D eigenvalue weighted by atomic mass is 127. The third-order valence-electron chi connectivity index (χ3n) is 2.88. The number of guanidine groups is 1. The summed E-state index contributed by atoms with van der Waals surface area (Å²) in [5.41, 5.74) is 2.35. The zero-order chi connectivity index (χ0) is 15.3. The molecule has 0 spiro atoms. The molecule has 22 heavy (non-hydrogen) atoms. The van der Waals surface area contributed by atoms with E-state index in [1.807, 2.05) is 6.07 Å². The molecule has 0 radical (unpaired) electrons. The van der Waals surface area contributed by atoms with Crippen molar-refractivity contribution in [2.24, 2.45) is 4.99 Å². The second-order valence-electron chi connectivity index (χ2n) is 4.72. The summed E-state index contributed by atoms with van der Waals surface area (Å²) >= 11 is 0. The van der Waals surface area contributed by atoms with Crippen LogP contribution in [0.4, 0.5) is 0 Å². The first-order valence-corrected chi connectivity index (χ1v) is 7.38. The van der Waals surface area contributed by atoms with E-state index in [1.165, 1.54) is 11.1 Å². The summed E-state index contributed by atoms with van der Waals surface area (Å²) in [6.07, 6.45) is 0.963. The lowest BCUT2D eigenvalue weighted by atomic mass is 10.1. The molecule has 0 heterocycles. The fourth-order valence-corrected chi connectivity index (χ4v) is 1.92. The number of halogens is 1. The van der Waals surface area contributed by atoms with Gasteiger partial charge in [-0.1, -0.05) is 24.3 Å². The van der Waals surface area contributed by atoms with E-state index in [0.29, 0.717) is 13.2 Å². The van der Waals surface area contributed by atoms with Crippen LogP contribution in [0.25, 0.3) is 0 Å². The van der Waals surface area contributed by atoms with Crippen molar-refractivity contribution < 1.29 is 9.47 Å². The van der Waals surface area contributed by atoms with Gasteiger partial charge in [0.15, 0.2) is 5.96 Å². The van der Waals surface area contributed by atoms with Crippen LogP contribution in [0.2, 0.25) is 0 Å². The van der Waals surface area contributed by atoms with Gasteiger partial charge in [0.2, 0.25) is 0 Å². The monoisotopic (exact) mass is 421 g/mol. The SMILES string of the molecule is CCNC(=NCc1cccc(COC)c1)NCCCOC.I. The normalized spacial score (nSPS) is 11.0. The van der Waals surface area contributed by atoms with E-state index in [1.54, 1.807) is 14.2 Å². The summed E-state index contributed by atoms with van der Waals surface area (Å²) in [5.74, 6) is 0.839. The minimum atomic E-state index is 0. The molecule has 0 aliphatic carbocycles. The lowest BCUT2D eigenvalue weighted by Gasteiger charge is -2.11. The van der Waals surface area contributed by atoms with Gasteiger partial charge < -0.3 is 20.1 Å². The summed E-state index contributed by atoms with van der Waals surface area (Å²) in [6.45, 7) is 5.80. The molecule has 0 aliphatic heterocycles. The fourth-order valence-electron chi connectivity index (χ4n) is 1.92. The summed E-state index contributed by atoms with van der Waals surface area (Å²) in [5, 5.41) is 6.54. The van der Waals surface area contributed by atoms with Crippen molar-refractivity contribution in [2.75, 3.05) is 33.9 Å². The van der Waals surface area contributed by atoms with Gasteiger partial charge >= 0.3 is 0 Å². The highest BCUT2D eigenvalue weighted by molar-refractivity contribution is 14.0. The molecule has 0 aromatic heterocycles. The zero-order valence-corrected chi connectivity index (χ0v) is 16.1. The molecule has 0 saturated heterocycles. The zero-order valence-electron chi connectivity index (χ0n) is 13.7. The molecule has 1 rings (SSSR count). The van der Waals surface area contributed by atoms with Crippen molar-refractivity contribution in [2.45, 2.75) is 26.5 Å². The first kappa shape index (κ1) is 21.1. The van der Waals surface area contributed by atoms with E-state index in [9.17, 15) is 0 Å². The molecule has 0 fully saturated rings. The Kier molecular flexibility index (Phi) is 13.2. The minimum absolute atomic E-state index is 0. The van der Waals surface area contributed by atoms with Crippen LogP contribution >= 0.6 is 24.0 Å². The van der Waals surface area contributed by atoms with Gasteiger partial charge in [0.25, 0.3) is 0 Å². The summed E-state index contributed by atoms with van der Waals surface area (Å²) in [7, 11) is 3.42. The molecule has 0 aliphatic rings. The summed E-state index contributed by atoms with van der Waals surface area (Å²) < 4.78 is 10.2. The van der Waals surface area contributed by atoms with Gasteiger partial charge in [-0.2, -0.15) is 0 Å². The van der Waals surface area contributed by atoms with Crippen LogP contribution in [0, 0.1) is 0 Å². The molecule has 0 unspecified atom stereocenters. The van der Waals surface area contributed by atoms with E-state index in [4.69, 9.17) is 9.47 Å². The lowest BCUT2D eigenvalue weighted by Crippen LogP contribution is -2.38. The highest BCUT2D eigenvalue weighted by Gasteiger charge is 1.98.